The van der Waals surface area contributed by atoms with E-state index in [1.54, 1.807) is 12.1 Å². The van der Waals surface area contributed by atoms with Crippen molar-refractivity contribution in [1.29, 1.82) is 0 Å². The van der Waals surface area contributed by atoms with Gasteiger partial charge in [0.2, 0.25) is 10.0 Å². The minimum absolute atomic E-state index is 0.0496. The maximum absolute atomic E-state index is 12.7. The van der Waals surface area contributed by atoms with E-state index in [1.807, 2.05) is 0 Å². The molecule has 0 saturated carbocycles. The monoisotopic (exact) mass is 392 g/mol. The number of nitrogens with one attached hydrogen (secondary N) is 2. The third kappa shape index (κ3) is 6.15. The van der Waals surface area contributed by atoms with Crippen LogP contribution in [-0.4, -0.2) is 27.1 Å². The Morgan fingerprint density at radius 1 is 1.20 bits per heavy atom. The number of hydrogen-bond donors (Lipinski definition) is 2. The Kier molecular flexibility index (Phi) is 5.86. The highest BCUT2D eigenvalue weighted by Crippen LogP contribution is 2.30. The molecule has 0 atom stereocenters. The normalized spacial score (nSPS) is 12.2. The largest absolute Gasteiger partial charge is 0.416 e. The van der Waals surface area contributed by atoms with Gasteiger partial charge in [0.25, 0.3) is 5.91 Å². The lowest BCUT2D eigenvalue weighted by Gasteiger charge is -2.09. The van der Waals surface area contributed by atoms with E-state index < -0.39 is 27.7 Å². The van der Waals surface area contributed by atoms with Gasteiger partial charge in [0.15, 0.2) is 0 Å². The fourth-order valence-corrected chi connectivity index (χ4v) is 3.34. The van der Waals surface area contributed by atoms with Crippen molar-refractivity contribution >= 4 is 33.0 Å². The van der Waals surface area contributed by atoms with Crippen LogP contribution >= 0.6 is 11.3 Å². The van der Waals surface area contributed by atoms with Crippen LogP contribution < -0.4 is 10.0 Å². The Balaban J connectivity index is 2.00. The van der Waals surface area contributed by atoms with Crippen molar-refractivity contribution in [2.75, 3.05) is 18.1 Å². The molecule has 1 heterocycles. The summed E-state index contributed by atoms with van der Waals surface area (Å²) in [5, 5.41) is 2.42. The van der Waals surface area contributed by atoms with Crippen molar-refractivity contribution in [1.82, 2.24) is 4.72 Å². The van der Waals surface area contributed by atoms with E-state index in [0.29, 0.717) is 11.3 Å². The molecule has 25 heavy (non-hydrogen) atoms. The van der Waals surface area contributed by atoms with E-state index in [-0.39, 0.29) is 12.2 Å². The van der Waals surface area contributed by atoms with Crippen LogP contribution in [0.2, 0.25) is 0 Å². The summed E-state index contributed by atoms with van der Waals surface area (Å²) in [6.45, 7) is 0.202. The average molecular weight is 392 g/mol. The Labute approximate surface area is 146 Å². The molecule has 2 aromatic rings. The molecule has 2 rings (SSSR count). The molecule has 0 unspecified atom stereocenters. The molecule has 0 bridgehead atoms. The molecule has 0 aliphatic rings. The smallest absolute Gasteiger partial charge is 0.321 e. The van der Waals surface area contributed by atoms with Crippen molar-refractivity contribution in [3.8, 4) is 0 Å². The number of carbonyl (C=O) groups is 1. The van der Waals surface area contributed by atoms with Gasteiger partial charge in [0.05, 0.1) is 16.7 Å². The standard InChI is InChI=1S/C15H15F3N2O3S2/c1-25(22,23)19-8-7-12-5-6-13(24-12)14(21)20-11-4-2-3-10(9-11)15(16,17)18/h2-6,9,19H,7-8H2,1H3,(H,20,21). The average Bonchev–Trinajstić information content (AvgIpc) is 2.94. The maximum Gasteiger partial charge on any atom is 0.416 e. The van der Waals surface area contributed by atoms with Gasteiger partial charge in [-0.05, 0) is 36.8 Å². The van der Waals surface area contributed by atoms with E-state index in [2.05, 4.69) is 10.0 Å². The SMILES string of the molecule is CS(=O)(=O)NCCc1ccc(C(=O)Nc2cccc(C(F)(F)F)c2)s1. The van der Waals surface area contributed by atoms with Gasteiger partial charge < -0.3 is 5.32 Å². The predicted molar refractivity (Wildman–Crippen MR) is 90.3 cm³/mol. The number of amides is 1. The second-order valence-electron chi connectivity index (χ2n) is 5.22. The highest BCUT2D eigenvalue weighted by atomic mass is 32.2. The second-order valence-corrected chi connectivity index (χ2v) is 8.22. The Hall–Kier alpha value is -1.91. The number of halogens is 3. The number of hydrogen-bond acceptors (Lipinski definition) is 4. The topological polar surface area (TPSA) is 75.3 Å². The molecule has 0 aliphatic heterocycles. The van der Waals surface area contributed by atoms with Gasteiger partial charge in [-0.3, -0.25) is 4.79 Å². The number of sulfonamides is 1. The molecule has 0 aliphatic carbocycles. The zero-order valence-electron chi connectivity index (χ0n) is 13.1. The van der Waals surface area contributed by atoms with E-state index in [9.17, 15) is 26.4 Å². The third-order valence-electron chi connectivity index (χ3n) is 3.07. The van der Waals surface area contributed by atoms with Crippen molar-refractivity contribution in [2.24, 2.45) is 0 Å². The molecular formula is C15H15F3N2O3S2. The number of alkyl halides is 3. The quantitative estimate of drug-likeness (QED) is 0.793. The third-order valence-corrected chi connectivity index (χ3v) is 4.94. The molecule has 0 saturated heterocycles. The lowest BCUT2D eigenvalue weighted by atomic mass is 10.2. The summed E-state index contributed by atoms with van der Waals surface area (Å²) >= 11 is 1.15. The second kappa shape index (κ2) is 7.54. The summed E-state index contributed by atoms with van der Waals surface area (Å²) in [6, 6.07) is 7.60. The summed E-state index contributed by atoms with van der Waals surface area (Å²) in [5.74, 6) is -0.522. The van der Waals surface area contributed by atoms with Gasteiger partial charge in [-0.25, -0.2) is 13.1 Å². The number of thiophene rings is 1. The Bertz CT molecular complexity index is 861. The number of anilines is 1. The maximum atomic E-state index is 12.7. The first-order valence-electron chi connectivity index (χ1n) is 7.06. The fraction of sp³-hybridized carbons (Fsp3) is 0.267. The van der Waals surface area contributed by atoms with Crippen LogP contribution in [0.25, 0.3) is 0 Å². The van der Waals surface area contributed by atoms with Crippen LogP contribution in [0.4, 0.5) is 18.9 Å². The summed E-state index contributed by atoms with van der Waals surface area (Å²) < 4.78 is 62.3. The van der Waals surface area contributed by atoms with Gasteiger partial charge in [-0.1, -0.05) is 6.07 Å². The number of rotatable bonds is 6. The van der Waals surface area contributed by atoms with Crippen LogP contribution in [-0.2, 0) is 22.6 Å². The highest BCUT2D eigenvalue weighted by Gasteiger charge is 2.30. The lowest BCUT2D eigenvalue weighted by molar-refractivity contribution is -0.137. The van der Waals surface area contributed by atoms with E-state index in [4.69, 9.17) is 0 Å². The zero-order valence-corrected chi connectivity index (χ0v) is 14.7. The molecule has 1 amide bonds. The first kappa shape index (κ1) is 19.4. The van der Waals surface area contributed by atoms with Crippen molar-refractivity contribution in [3.63, 3.8) is 0 Å². The molecule has 0 radical (unpaired) electrons. The Morgan fingerprint density at radius 3 is 2.56 bits per heavy atom. The van der Waals surface area contributed by atoms with Crippen molar-refractivity contribution in [3.05, 3.63) is 51.7 Å². The Morgan fingerprint density at radius 2 is 1.92 bits per heavy atom. The lowest BCUT2D eigenvalue weighted by Crippen LogP contribution is -2.24. The van der Waals surface area contributed by atoms with Gasteiger partial charge in [-0.15, -0.1) is 11.3 Å². The van der Waals surface area contributed by atoms with Crippen LogP contribution in [0.15, 0.2) is 36.4 Å². The van der Waals surface area contributed by atoms with Crippen LogP contribution in [0, 0.1) is 0 Å². The summed E-state index contributed by atoms with van der Waals surface area (Å²) in [5.41, 5.74) is -0.794. The summed E-state index contributed by atoms with van der Waals surface area (Å²) in [4.78, 5) is 13.2. The first-order chi connectivity index (χ1) is 11.5. The molecule has 5 nitrogen and oxygen atoms in total. The molecule has 0 spiro atoms. The summed E-state index contributed by atoms with van der Waals surface area (Å²) in [6.07, 6.45) is -3.02. The van der Waals surface area contributed by atoms with Crippen molar-refractivity contribution in [2.45, 2.75) is 12.6 Å². The van der Waals surface area contributed by atoms with Crippen molar-refractivity contribution < 1.29 is 26.4 Å². The van der Waals surface area contributed by atoms with E-state index in [0.717, 1.165) is 34.6 Å². The molecule has 10 heteroatoms. The van der Waals surface area contributed by atoms with Gasteiger partial charge in [-0.2, -0.15) is 13.2 Å². The first-order valence-corrected chi connectivity index (χ1v) is 9.77. The van der Waals surface area contributed by atoms with Crippen LogP contribution in [0.5, 0.6) is 0 Å². The van der Waals surface area contributed by atoms with Crippen LogP contribution in [0.3, 0.4) is 0 Å². The van der Waals surface area contributed by atoms with E-state index >= 15 is 0 Å². The number of carbonyl (C=O) groups excluding carboxylic acids is 1. The minimum Gasteiger partial charge on any atom is -0.321 e. The van der Waals surface area contributed by atoms with E-state index in [1.165, 1.54) is 12.1 Å². The molecule has 1 aromatic carbocycles. The summed E-state index contributed by atoms with van der Waals surface area (Å²) in [7, 11) is -3.28. The van der Waals surface area contributed by atoms with Gasteiger partial charge >= 0.3 is 6.18 Å². The molecule has 1 aromatic heterocycles. The van der Waals surface area contributed by atoms with Gasteiger partial charge in [0.1, 0.15) is 0 Å². The predicted octanol–water partition coefficient (Wildman–Crippen LogP) is 3.11. The molecule has 136 valence electrons. The van der Waals surface area contributed by atoms with Gasteiger partial charge in [0, 0.05) is 17.1 Å². The molecule has 0 fully saturated rings. The van der Waals surface area contributed by atoms with Crippen LogP contribution in [0.1, 0.15) is 20.1 Å². The highest BCUT2D eigenvalue weighted by molar-refractivity contribution is 7.88. The molecule has 2 N–H and O–H groups in total. The minimum atomic E-state index is -4.48. The fourth-order valence-electron chi connectivity index (χ4n) is 1.96. The zero-order chi connectivity index (χ0) is 18.7. The number of benzene rings is 1. The molecular weight excluding hydrogens is 377 g/mol.